The van der Waals surface area contributed by atoms with Crippen LogP contribution in [0.25, 0.3) is 0 Å². The second kappa shape index (κ2) is 4.64. The van der Waals surface area contributed by atoms with Gasteiger partial charge in [-0.2, -0.15) is 5.01 Å². The number of benzene rings is 1. The Labute approximate surface area is 123 Å². The number of carbonyl (C=O) groups is 1. The van der Waals surface area contributed by atoms with Gasteiger partial charge in [-0.05, 0) is 37.3 Å². The molecule has 0 aromatic heterocycles. The average molecular weight is 285 g/mol. The number of aliphatic imine (C=N–C) groups is 1. The zero-order valence-corrected chi connectivity index (χ0v) is 12.0. The Balaban J connectivity index is 1.61. The Hall–Kier alpha value is -1.72. The first-order valence-electron chi connectivity index (χ1n) is 7.56. The standard InChI is InChI=1S/C16H19N3O2/c1-9-4-2-3-5-11(9)12-8-13(20)16-17-15(18-19(12)16)14(21)10-6-7-10/h2-5,10,12-13,16,20H,6-8H2,1H3,(H,17,18)/t12-,13+,16?/m0/s1. The first-order valence-corrected chi connectivity index (χ1v) is 7.56. The maximum absolute atomic E-state index is 12.2. The zero-order valence-electron chi connectivity index (χ0n) is 12.0. The fraction of sp³-hybridized carbons (Fsp3) is 0.500. The highest BCUT2D eigenvalue weighted by atomic mass is 16.3. The molecule has 4 rings (SSSR count). The number of aryl methyl sites for hydroxylation is 1. The fourth-order valence-electron chi connectivity index (χ4n) is 3.30. The number of nitrogens with one attached hydrogen (secondary N) is 1. The summed E-state index contributed by atoms with van der Waals surface area (Å²) in [7, 11) is 0. The van der Waals surface area contributed by atoms with Crippen LogP contribution in [0.15, 0.2) is 29.3 Å². The summed E-state index contributed by atoms with van der Waals surface area (Å²) in [6.07, 6.45) is 1.69. The number of nitrogens with zero attached hydrogens (tertiary/aromatic N) is 2. The van der Waals surface area contributed by atoms with Crippen molar-refractivity contribution in [3.8, 4) is 0 Å². The summed E-state index contributed by atoms with van der Waals surface area (Å²) < 4.78 is 0. The Bertz CT molecular complexity index is 624. The van der Waals surface area contributed by atoms with Crippen molar-refractivity contribution in [1.82, 2.24) is 10.4 Å². The zero-order chi connectivity index (χ0) is 14.6. The number of amidine groups is 1. The molecule has 1 saturated carbocycles. The molecule has 5 heteroatoms. The Morgan fingerprint density at radius 2 is 2.14 bits per heavy atom. The topological polar surface area (TPSA) is 64.9 Å². The van der Waals surface area contributed by atoms with E-state index in [1.165, 1.54) is 11.1 Å². The average Bonchev–Trinajstić information content (AvgIpc) is 3.15. The van der Waals surface area contributed by atoms with Gasteiger partial charge in [-0.1, -0.05) is 24.3 Å². The molecule has 0 radical (unpaired) electrons. The van der Waals surface area contributed by atoms with E-state index >= 15 is 0 Å². The highest BCUT2D eigenvalue weighted by molar-refractivity contribution is 6.40. The van der Waals surface area contributed by atoms with Gasteiger partial charge in [-0.3, -0.25) is 10.2 Å². The lowest BCUT2D eigenvalue weighted by Crippen LogP contribution is -2.42. The normalized spacial score (nSPS) is 31.7. The highest BCUT2D eigenvalue weighted by Gasteiger charge is 2.47. The van der Waals surface area contributed by atoms with Crippen molar-refractivity contribution < 1.29 is 9.90 Å². The minimum absolute atomic E-state index is 0.0550. The van der Waals surface area contributed by atoms with Crippen LogP contribution < -0.4 is 5.43 Å². The van der Waals surface area contributed by atoms with Gasteiger partial charge in [0.2, 0.25) is 5.78 Å². The summed E-state index contributed by atoms with van der Waals surface area (Å²) in [5.41, 5.74) is 5.53. The van der Waals surface area contributed by atoms with Gasteiger partial charge in [-0.15, -0.1) is 0 Å². The minimum Gasteiger partial charge on any atom is -0.389 e. The maximum Gasteiger partial charge on any atom is 0.201 e. The van der Waals surface area contributed by atoms with Crippen molar-refractivity contribution in [1.29, 1.82) is 0 Å². The van der Waals surface area contributed by atoms with Crippen LogP contribution in [0.5, 0.6) is 0 Å². The third kappa shape index (κ3) is 2.08. The summed E-state index contributed by atoms with van der Waals surface area (Å²) >= 11 is 0. The van der Waals surface area contributed by atoms with Crippen LogP contribution in [-0.4, -0.2) is 34.0 Å². The number of aliphatic hydroxyl groups excluding tert-OH is 1. The van der Waals surface area contributed by atoms with Crippen LogP contribution in [-0.2, 0) is 4.79 Å². The van der Waals surface area contributed by atoms with E-state index in [4.69, 9.17) is 0 Å². The lowest BCUT2D eigenvalue weighted by molar-refractivity contribution is -0.114. The molecule has 1 unspecified atom stereocenters. The molecule has 3 aliphatic rings. The molecule has 110 valence electrons. The van der Waals surface area contributed by atoms with Crippen LogP contribution in [0.2, 0.25) is 0 Å². The van der Waals surface area contributed by atoms with E-state index in [0.29, 0.717) is 12.3 Å². The van der Waals surface area contributed by atoms with E-state index < -0.39 is 6.10 Å². The molecule has 2 fully saturated rings. The van der Waals surface area contributed by atoms with Crippen molar-refractivity contribution in [2.75, 3.05) is 0 Å². The van der Waals surface area contributed by atoms with Crippen LogP contribution in [0.1, 0.15) is 36.4 Å². The summed E-state index contributed by atoms with van der Waals surface area (Å²) in [5.74, 6) is 0.672. The van der Waals surface area contributed by atoms with Crippen LogP contribution in [0.3, 0.4) is 0 Å². The highest BCUT2D eigenvalue weighted by Crippen LogP contribution is 2.39. The number of Topliss-reactive ketones (excluding diaryl/α,β-unsaturated/α-hetero) is 1. The molecule has 0 spiro atoms. The number of ketones is 1. The monoisotopic (exact) mass is 285 g/mol. The van der Waals surface area contributed by atoms with Crippen LogP contribution in [0, 0.1) is 12.8 Å². The number of hydrogen-bond donors (Lipinski definition) is 2. The van der Waals surface area contributed by atoms with Crippen LogP contribution in [0.4, 0.5) is 0 Å². The van der Waals surface area contributed by atoms with Gasteiger partial charge in [0.05, 0.1) is 12.1 Å². The summed E-state index contributed by atoms with van der Waals surface area (Å²) in [6, 6.07) is 8.23. The molecule has 2 aliphatic heterocycles. The predicted molar refractivity (Wildman–Crippen MR) is 78.5 cm³/mol. The van der Waals surface area contributed by atoms with Crippen molar-refractivity contribution in [3.05, 3.63) is 35.4 Å². The lowest BCUT2D eigenvalue weighted by Gasteiger charge is -2.24. The van der Waals surface area contributed by atoms with Crippen LogP contribution >= 0.6 is 0 Å². The number of hydrazine groups is 1. The molecular weight excluding hydrogens is 266 g/mol. The molecule has 1 aliphatic carbocycles. The number of carbonyl (C=O) groups excluding carboxylic acids is 1. The molecule has 1 aromatic rings. The Morgan fingerprint density at radius 3 is 2.86 bits per heavy atom. The molecule has 1 saturated heterocycles. The van der Waals surface area contributed by atoms with Gasteiger partial charge in [0.15, 0.2) is 5.84 Å². The number of rotatable bonds is 3. The molecule has 3 atom stereocenters. The summed E-state index contributed by atoms with van der Waals surface area (Å²) in [4.78, 5) is 16.6. The Morgan fingerprint density at radius 1 is 1.38 bits per heavy atom. The second-order valence-corrected chi connectivity index (χ2v) is 6.22. The van der Waals surface area contributed by atoms with Crippen molar-refractivity contribution in [2.45, 2.75) is 44.5 Å². The van der Waals surface area contributed by atoms with Crippen molar-refractivity contribution in [2.24, 2.45) is 10.9 Å². The van der Waals surface area contributed by atoms with E-state index in [2.05, 4.69) is 29.5 Å². The van der Waals surface area contributed by atoms with E-state index in [-0.39, 0.29) is 23.9 Å². The minimum atomic E-state index is -0.536. The summed E-state index contributed by atoms with van der Waals surface area (Å²) in [5, 5.41) is 12.2. The van der Waals surface area contributed by atoms with Gasteiger partial charge >= 0.3 is 0 Å². The molecule has 0 bridgehead atoms. The van der Waals surface area contributed by atoms with Gasteiger partial charge in [0.1, 0.15) is 6.17 Å². The number of hydrogen-bond acceptors (Lipinski definition) is 5. The van der Waals surface area contributed by atoms with Crippen molar-refractivity contribution >= 4 is 11.6 Å². The third-order valence-electron chi connectivity index (χ3n) is 4.66. The first kappa shape index (κ1) is 13.0. The van der Waals surface area contributed by atoms with E-state index in [1.54, 1.807) is 0 Å². The molecule has 21 heavy (non-hydrogen) atoms. The quantitative estimate of drug-likeness (QED) is 0.879. The first-order chi connectivity index (χ1) is 10.1. The molecule has 0 amide bonds. The smallest absolute Gasteiger partial charge is 0.201 e. The molecular formula is C16H19N3O2. The fourth-order valence-corrected chi connectivity index (χ4v) is 3.30. The van der Waals surface area contributed by atoms with Crippen molar-refractivity contribution in [3.63, 3.8) is 0 Å². The predicted octanol–water partition coefficient (Wildman–Crippen LogP) is 1.32. The molecule has 5 nitrogen and oxygen atoms in total. The second-order valence-electron chi connectivity index (χ2n) is 6.22. The van der Waals surface area contributed by atoms with E-state index in [0.717, 1.165) is 12.8 Å². The Kier molecular flexibility index (Phi) is 2.87. The van der Waals surface area contributed by atoms with Gasteiger partial charge in [0, 0.05) is 5.92 Å². The SMILES string of the molecule is Cc1ccccc1[C@@H]1C[C@@H](O)C2N=C(C(=O)C3CC3)NN21. The summed E-state index contributed by atoms with van der Waals surface area (Å²) in [6.45, 7) is 2.07. The largest absolute Gasteiger partial charge is 0.389 e. The van der Waals surface area contributed by atoms with Gasteiger partial charge in [0.25, 0.3) is 0 Å². The van der Waals surface area contributed by atoms with E-state index in [9.17, 15) is 9.90 Å². The lowest BCUT2D eigenvalue weighted by atomic mass is 9.99. The molecule has 2 N–H and O–H groups in total. The number of aliphatic hydroxyl groups is 1. The molecule has 1 aromatic carbocycles. The maximum atomic E-state index is 12.2. The molecule has 2 heterocycles. The number of fused-ring (bicyclic) bond motifs is 1. The third-order valence-corrected chi connectivity index (χ3v) is 4.66. The van der Waals surface area contributed by atoms with E-state index in [1.807, 2.05) is 17.1 Å². The van der Waals surface area contributed by atoms with Gasteiger partial charge < -0.3 is 5.11 Å². The van der Waals surface area contributed by atoms with Gasteiger partial charge in [-0.25, -0.2) is 4.99 Å².